The molecule has 0 saturated carbocycles. The van der Waals surface area contributed by atoms with Crippen LogP contribution in [-0.4, -0.2) is 24.5 Å². The molecule has 0 N–H and O–H groups in total. The Bertz CT molecular complexity index is 393. The van der Waals surface area contributed by atoms with Gasteiger partial charge in [-0.25, -0.2) is 0 Å². The fraction of sp³-hybridized carbons (Fsp3) is 0.739. The first-order chi connectivity index (χ1) is 11.8. The highest BCUT2D eigenvalue weighted by atomic mass is 15.1. The van der Waals surface area contributed by atoms with Crippen molar-refractivity contribution in [1.82, 2.24) is 4.90 Å². The molecule has 1 aromatic rings. The Kier molecular flexibility index (Phi) is 12.8. The molecule has 0 unspecified atom stereocenters. The Balaban J connectivity index is 1.91. The van der Waals surface area contributed by atoms with Crippen molar-refractivity contribution in [1.29, 1.82) is 0 Å². The van der Waals surface area contributed by atoms with Gasteiger partial charge < -0.3 is 4.90 Å². The minimum atomic E-state index is 1.26. The van der Waals surface area contributed by atoms with Crippen molar-refractivity contribution in [3.63, 3.8) is 0 Å². The molecule has 138 valence electrons. The fourth-order valence-electron chi connectivity index (χ4n) is 3.57. The molecular formula is C23H41N. The van der Waals surface area contributed by atoms with Crippen LogP contribution in [0.15, 0.2) is 24.3 Å². The second-order valence-corrected chi connectivity index (χ2v) is 7.35. The number of nitrogens with zero attached hydrogens (tertiary/aromatic N) is 1. The van der Waals surface area contributed by atoms with Crippen molar-refractivity contribution in [3.8, 4) is 0 Å². The molecular weight excluding hydrogens is 290 g/mol. The molecule has 0 aliphatic heterocycles. The van der Waals surface area contributed by atoms with E-state index in [9.17, 15) is 0 Å². The second kappa shape index (κ2) is 14.5. The lowest BCUT2D eigenvalue weighted by molar-refractivity contribution is 0.267. The van der Waals surface area contributed by atoms with Crippen LogP contribution < -0.4 is 0 Å². The van der Waals surface area contributed by atoms with Crippen molar-refractivity contribution in [2.75, 3.05) is 19.6 Å². The van der Waals surface area contributed by atoms with Crippen LogP contribution in [0.25, 0.3) is 0 Å². The maximum Gasteiger partial charge on any atom is -0.00187 e. The largest absolute Gasteiger partial charge is 0.303 e. The third kappa shape index (κ3) is 10.1. The Morgan fingerprint density at radius 2 is 1.21 bits per heavy atom. The maximum atomic E-state index is 2.64. The summed E-state index contributed by atoms with van der Waals surface area (Å²) >= 11 is 0. The Morgan fingerprint density at radius 3 is 1.79 bits per heavy atom. The summed E-state index contributed by atoms with van der Waals surface area (Å²) in [4.78, 5) is 2.64. The van der Waals surface area contributed by atoms with Crippen LogP contribution in [0.2, 0.25) is 0 Å². The quantitative estimate of drug-likeness (QED) is 0.320. The average molecular weight is 332 g/mol. The van der Waals surface area contributed by atoms with Crippen LogP contribution in [0, 0.1) is 6.92 Å². The first kappa shape index (κ1) is 21.2. The smallest absolute Gasteiger partial charge is 0.00187 e. The van der Waals surface area contributed by atoms with Gasteiger partial charge in [-0.1, -0.05) is 76.6 Å². The molecule has 0 aliphatic rings. The van der Waals surface area contributed by atoms with E-state index < -0.39 is 0 Å². The van der Waals surface area contributed by atoms with Gasteiger partial charge in [0, 0.05) is 0 Å². The van der Waals surface area contributed by atoms with E-state index in [-0.39, 0.29) is 0 Å². The molecule has 0 radical (unpaired) electrons. The topological polar surface area (TPSA) is 3.24 Å². The highest BCUT2D eigenvalue weighted by Gasteiger charge is 2.01. The molecule has 0 saturated heterocycles. The van der Waals surface area contributed by atoms with Crippen LogP contribution >= 0.6 is 0 Å². The molecule has 1 nitrogen and oxygen atoms in total. The Labute approximate surface area is 151 Å². The molecule has 1 rings (SSSR count). The van der Waals surface area contributed by atoms with E-state index in [1.165, 1.54) is 95.8 Å². The van der Waals surface area contributed by atoms with Gasteiger partial charge in [-0.3, -0.25) is 0 Å². The first-order valence-corrected chi connectivity index (χ1v) is 10.5. The Morgan fingerprint density at radius 1 is 0.667 bits per heavy atom. The standard InChI is InChI=1S/C23H41N/c1-4-19-24(20-5-2)21-15-11-9-7-6-8-10-12-17-23-18-14-13-16-22(23)3/h13-14,16,18H,4-12,15,17,19-21H2,1-3H3. The van der Waals surface area contributed by atoms with Crippen LogP contribution in [-0.2, 0) is 6.42 Å². The summed E-state index contributed by atoms with van der Waals surface area (Å²) in [5.74, 6) is 0. The molecule has 1 aromatic carbocycles. The third-order valence-corrected chi connectivity index (χ3v) is 5.01. The van der Waals surface area contributed by atoms with E-state index in [0.717, 1.165) is 0 Å². The molecule has 0 aliphatic carbocycles. The van der Waals surface area contributed by atoms with Gasteiger partial charge in [-0.15, -0.1) is 0 Å². The van der Waals surface area contributed by atoms with Gasteiger partial charge in [0.05, 0.1) is 0 Å². The van der Waals surface area contributed by atoms with Gasteiger partial charge in [0.25, 0.3) is 0 Å². The molecule has 24 heavy (non-hydrogen) atoms. The molecule has 0 heterocycles. The summed E-state index contributed by atoms with van der Waals surface area (Å²) in [5, 5.41) is 0. The van der Waals surface area contributed by atoms with Crippen molar-refractivity contribution >= 4 is 0 Å². The number of hydrogen-bond donors (Lipinski definition) is 0. The third-order valence-electron chi connectivity index (χ3n) is 5.01. The summed E-state index contributed by atoms with van der Waals surface area (Å²) in [7, 11) is 0. The Hall–Kier alpha value is -0.820. The van der Waals surface area contributed by atoms with E-state index in [2.05, 4.69) is 49.9 Å². The van der Waals surface area contributed by atoms with Crippen molar-refractivity contribution in [3.05, 3.63) is 35.4 Å². The molecule has 0 fully saturated rings. The molecule has 0 bridgehead atoms. The second-order valence-electron chi connectivity index (χ2n) is 7.35. The molecule has 1 heteroatoms. The summed E-state index contributed by atoms with van der Waals surface area (Å²) < 4.78 is 0. The van der Waals surface area contributed by atoms with Crippen LogP contribution in [0.4, 0.5) is 0 Å². The van der Waals surface area contributed by atoms with Crippen LogP contribution in [0.5, 0.6) is 0 Å². The zero-order valence-corrected chi connectivity index (χ0v) is 16.7. The van der Waals surface area contributed by atoms with Gasteiger partial charge in [-0.2, -0.15) is 0 Å². The van der Waals surface area contributed by atoms with Crippen molar-refractivity contribution in [2.24, 2.45) is 0 Å². The monoisotopic (exact) mass is 331 g/mol. The minimum absolute atomic E-state index is 1.26. The zero-order valence-electron chi connectivity index (χ0n) is 16.7. The van der Waals surface area contributed by atoms with Gasteiger partial charge in [0.1, 0.15) is 0 Å². The number of benzene rings is 1. The van der Waals surface area contributed by atoms with Gasteiger partial charge in [0.2, 0.25) is 0 Å². The lowest BCUT2D eigenvalue weighted by Gasteiger charge is -2.20. The number of unbranched alkanes of at least 4 members (excludes halogenated alkanes) is 7. The molecule has 0 spiro atoms. The highest BCUT2D eigenvalue weighted by Crippen LogP contribution is 2.14. The fourth-order valence-corrected chi connectivity index (χ4v) is 3.57. The van der Waals surface area contributed by atoms with Gasteiger partial charge in [0.15, 0.2) is 0 Å². The van der Waals surface area contributed by atoms with E-state index in [0.29, 0.717) is 0 Å². The number of hydrogen-bond acceptors (Lipinski definition) is 1. The lowest BCUT2D eigenvalue weighted by Crippen LogP contribution is -2.26. The van der Waals surface area contributed by atoms with Crippen LogP contribution in [0.3, 0.4) is 0 Å². The average Bonchev–Trinajstić information content (AvgIpc) is 2.58. The predicted molar refractivity (Wildman–Crippen MR) is 109 cm³/mol. The van der Waals surface area contributed by atoms with Gasteiger partial charge in [-0.05, 0) is 69.8 Å². The first-order valence-electron chi connectivity index (χ1n) is 10.5. The van der Waals surface area contributed by atoms with E-state index in [4.69, 9.17) is 0 Å². The summed E-state index contributed by atoms with van der Waals surface area (Å²) in [6.07, 6.45) is 15.1. The summed E-state index contributed by atoms with van der Waals surface area (Å²) in [6, 6.07) is 8.83. The summed E-state index contributed by atoms with van der Waals surface area (Å²) in [6.45, 7) is 10.7. The molecule has 0 aromatic heterocycles. The highest BCUT2D eigenvalue weighted by molar-refractivity contribution is 5.25. The molecule has 0 amide bonds. The zero-order chi connectivity index (χ0) is 17.5. The molecule has 0 atom stereocenters. The maximum absolute atomic E-state index is 2.64. The van der Waals surface area contributed by atoms with Gasteiger partial charge >= 0.3 is 0 Å². The van der Waals surface area contributed by atoms with Crippen molar-refractivity contribution in [2.45, 2.75) is 91.4 Å². The predicted octanol–water partition coefficient (Wildman–Crippen LogP) is 6.78. The van der Waals surface area contributed by atoms with E-state index >= 15 is 0 Å². The lowest BCUT2D eigenvalue weighted by atomic mass is 10.0. The minimum Gasteiger partial charge on any atom is -0.303 e. The van der Waals surface area contributed by atoms with Crippen molar-refractivity contribution < 1.29 is 0 Å². The summed E-state index contributed by atoms with van der Waals surface area (Å²) in [5.41, 5.74) is 3.00. The number of aryl methyl sites for hydroxylation is 2. The number of rotatable bonds is 15. The van der Waals surface area contributed by atoms with Crippen LogP contribution in [0.1, 0.15) is 89.2 Å². The SMILES string of the molecule is CCCN(CCC)CCCCCCCCCCc1ccccc1C. The van der Waals surface area contributed by atoms with E-state index in [1.54, 1.807) is 5.56 Å². The van der Waals surface area contributed by atoms with E-state index in [1.807, 2.05) is 0 Å². The normalized spacial score (nSPS) is 11.3.